The van der Waals surface area contributed by atoms with Crippen LogP contribution in [0.15, 0.2) is 23.1 Å². The fraction of sp³-hybridized carbons (Fsp3) is 0.632. The number of nitrogens with one attached hydrogen (secondary N) is 1. The SMILES string of the molecule is CC(C)(C)OC(=O)N1CCCC(CNC(=O)Cn2cccc(C(F)(F)F)c2=O)C1. The second-order valence-corrected chi connectivity index (χ2v) is 8.09. The van der Waals surface area contributed by atoms with Gasteiger partial charge in [-0.05, 0) is 51.7 Å². The van der Waals surface area contributed by atoms with Crippen molar-refractivity contribution in [2.75, 3.05) is 19.6 Å². The molecule has 10 heteroatoms. The maximum absolute atomic E-state index is 12.8. The van der Waals surface area contributed by atoms with Crippen molar-refractivity contribution in [3.8, 4) is 0 Å². The van der Waals surface area contributed by atoms with E-state index in [4.69, 9.17) is 4.74 Å². The van der Waals surface area contributed by atoms with Gasteiger partial charge in [0.25, 0.3) is 5.56 Å². The number of piperidine rings is 1. The molecule has 1 fully saturated rings. The molecule has 0 spiro atoms. The van der Waals surface area contributed by atoms with Crippen LogP contribution >= 0.6 is 0 Å². The van der Waals surface area contributed by atoms with Crippen molar-refractivity contribution in [1.82, 2.24) is 14.8 Å². The molecule has 1 N–H and O–H groups in total. The van der Waals surface area contributed by atoms with Gasteiger partial charge in [-0.25, -0.2) is 4.79 Å². The Hall–Kier alpha value is -2.52. The number of aromatic nitrogens is 1. The molecule has 162 valence electrons. The molecule has 7 nitrogen and oxygen atoms in total. The minimum atomic E-state index is -4.77. The Balaban J connectivity index is 1.90. The van der Waals surface area contributed by atoms with Gasteiger partial charge in [0.1, 0.15) is 17.7 Å². The summed E-state index contributed by atoms with van der Waals surface area (Å²) in [7, 11) is 0. The zero-order valence-electron chi connectivity index (χ0n) is 16.7. The third-order valence-corrected chi connectivity index (χ3v) is 4.40. The quantitative estimate of drug-likeness (QED) is 0.817. The van der Waals surface area contributed by atoms with E-state index in [1.165, 1.54) is 0 Å². The Morgan fingerprint density at radius 1 is 1.28 bits per heavy atom. The Morgan fingerprint density at radius 3 is 2.59 bits per heavy atom. The molecule has 0 aliphatic carbocycles. The summed E-state index contributed by atoms with van der Waals surface area (Å²) in [4.78, 5) is 37.8. The van der Waals surface area contributed by atoms with Crippen LogP contribution in [0.4, 0.5) is 18.0 Å². The molecule has 1 aliphatic rings. The van der Waals surface area contributed by atoms with Crippen molar-refractivity contribution in [3.63, 3.8) is 0 Å². The molecular weight excluding hydrogens is 391 g/mol. The molecule has 29 heavy (non-hydrogen) atoms. The number of pyridine rings is 1. The topological polar surface area (TPSA) is 80.6 Å². The van der Waals surface area contributed by atoms with Crippen LogP contribution in [0.25, 0.3) is 0 Å². The molecule has 1 unspecified atom stereocenters. The number of hydrogen-bond acceptors (Lipinski definition) is 4. The molecule has 0 aromatic carbocycles. The first-order valence-electron chi connectivity index (χ1n) is 9.38. The van der Waals surface area contributed by atoms with Gasteiger partial charge >= 0.3 is 12.3 Å². The molecule has 1 aromatic heterocycles. The zero-order chi connectivity index (χ0) is 21.8. The van der Waals surface area contributed by atoms with Crippen molar-refractivity contribution < 1.29 is 27.5 Å². The van der Waals surface area contributed by atoms with E-state index in [0.29, 0.717) is 19.2 Å². The maximum atomic E-state index is 12.8. The average molecular weight is 417 g/mol. The van der Waals surface area contributed by atoms with Crippen LogP contribution in [0.5, 0.6) is 0 Å². The third-order valence-electron chi connectivity index (χ3n) is 4.40. The van der Waals surface area contributed by atoms with E-state index in [-0.39, 0.29) is 12.5 Å². The lowest BCUT2D eigenvalue weighted by Gasteiger charge is -2.34. The Labute approximate surface area is 166 Å². The molecule has 0 saturated carbocycles. The molecule has 2 heterocycles. The van der Waals surface area contributed by atoms with Crippen LogP contribution in [0.3, 0.4) is 0 Å². The molecule has 1 aromatic rings. The lowest BCUT2D eigenvalue weighted by atomic mass is 9.98. The van der Waals surface area contributed by atoms with Gasteiger partial charge in [-0.2, -0.15) is 13.2 Å². The summed E-state index contributed by atoms with van der Waals surface area (Å²) in [6.07, 6.45) is -2.49. The summed E-state index contributed by atoms with van der Waals surface area (Å²) in [6, 6.07) is 1.77. The van der Waals surface area contributed by atoms with E-state index in [1.54, 1.807) is 25.7 Å². The lowest BCUT2D eigenvalue weighted by Crippen LogP contribution is -2.46. The van der Waals surface area contributed by atoms with E-state index in [2.05, 4.69) is 5.32 Å². The minimum Gasteiger partial charge on any atom is -0.444 e. The second-order valence-electron chi connectivity index (χ2n) is 8.09. The Kier molecular flexibility index (Phi) is 6.97. The van der Waals surface area contributed by atoms with E-state index in [0.717, 1.165) is 29.7 Å². The van der Waals surface area contributed by atoms with Crippen LogP contribution in [0.1, 0.15) is 39.2 Å². The summed E-state index contributed by atoms with van der Waals surface area (Å²) in [5, 5.41) is 2.64. The molecular formula is C19H26F3N3O4. The Morgan fingerprint density at radius 2 is 1.97 bits per heavy atom. The van der Waals surface area contributed by atoms with Crippen molar-refractivity contribution in [2.45, 2.75) is 51.9 Å². The van der Waals surface area contributed by atoms with Gasteiger partial charge in [0.2, 0.25) is 5.91 Å². The second kappa shape index (κ2) is 8.87. The zero-order valence-corrected chi connectivity index (χ0v) is 16.7. The van der Waals surface area contributed by atoms with Gasteiger partial charge in [-0.3, -0.25) is 9.59 Å². The highest BCUT2D eigenvalue weighted by Gasteiger charge is 2.34. The smallest absolute Gasteiger partial charge is 0.421 e. The van der Waals surface area contributed by atoms with E-state index < -0.39 is 41.4 Å². The largest absolute Gasteiger partial charge is 0.444 e. The molecule has 2 rings (SSSR count). The molecule has 0 radical (unpaired) electrons. The fourth-order valence-electron chi connectivity index (χ4n) is 3.07. The minimum absolute atomic E-state index is 0.00144. The highest BCUT2D eigenvalue weighted by atomic mass is 19.4. The first-order valence-corrected chi connectivity index (χ1v) is 9.38. The predicted octanol–water partition coefficient (Wildman–Crippen LogP) is 2.63. The van der Waals surface area contributed by atoms with Crippen molar-refractivity contribution in [3.05, 3.63) is 34.2 Å². The highest BCUT2D eigenvalue weighted by molar-refractivity contribution is 5.75. The molecule has 1 aliphatic heterocycles. The first kappa shape index (κ1) is 22.8. The summed E-state index contributed by atoms with van der Waals surface area (Å²) >= 11 is 0. The summed E-state index contributed by atoms with van der Waals surface area (Å²) in [5.41, 5.74) is -3.17. The predicted molar refractivity (Wildman–Crippen MR) is 99.2 cm³/mol. The van der Waals surface area contributed by atoms with Gasteiger partial charge in [0.05, 0.1) is 0 Å². The number of alkyl halides is 3. The Bertz CT molecular complexity index is 799. The van der Waals surface area contributed by atoms with Crippen LogP contribution in [-0.2, 0) is 22.3 Å². The fourth-order valence-corrected chi connectivity index (χ4v) is 3.07. The summed E-state index contributed by atoms with van der Waals surface area (Å²) in [6.45, 7) is 6.07. The van der Waals surface area contributed by atoms with Crippen molar-refractivity contribution >= 4 is 12.0 Å². The van der Waals surface area contributed by atoms with Crippen LogP contribution in [0, 0.1) is 5.92 Å². The molecule has 0 bridgehead atoms. The summed E-state index contributed by atoms with van der Waals surface area (Å²) in [5.74, 6) is -0.570. The van der Waals surface area contributed by atoms with Crippen LogP contribution in [-0.4, -0.2) is 46.7 Å². The monoisotopic (exact) mass is 417 g/mol. The van der Waals surface area contributed by atoms with Gasteiger partial charge in [0, 0.05) is 25.8 Å². The number of carbonyl (C=O) groups excluding carboxylic acids is 2. The number of halogens is 3. The van der Waals surface area contributed by atoms with E-state index in [9.17, 15) is 27.6 Å². The number of likely N-dealkylation sites (tertiary alicyclic amines) is 1. The van der Waals surface area contributed by atoms with Gasteiger partial charge in [-0.1, -0.05) is 0 Å². The van der Waals surface area contributed by atoms with Gasteiger partial charge in [-0.15, -0.1) is 0 Å². The third kappa shape index (κ3) is 6.79. The molecule has 2 amide bonds. The molecule has 1 saturated heterocycles. The standard InChI is InChI=1S/C19H26F3N3O4/c1-18(2,3)29-17(28)25-9-4-6-13(11-25)10-23-15(26)12-24-8-5-7-14(16(24)27)19(20,21)22/h5,7-8,13H,4,6,9-12H2,1-3H3,(H,23,26). The van der Waals surface area contributed by atoms with Crippen LogP contribution in [0.2, 0.25) is 0 Å². The van der Waals surface area contributed by atoms with Gasteiger partial charge < -0.3 is 19.5 Å². The number of carbonyl (C=O) groups is 2. The van der Waals surface area contributed by atoms with E-state index >= 15 is 0 Å². The van der Waals surface area contributed by atoms with Crippen molar-refractivity contribution in [1.29, 1.82) is 0 Å². The average Bonchev–Trinajstić information content (AvgIpc) is 2.59. The van der Waals surface area contributed by atoms with Crippen molar-refractivity contribution in [2.24, 2.45) is 5.92 Å². The highest BCUT2D eigenvalue weighted by Crippen LogP contribution is 2.26. The number of amides is 2. The normalized spacial score (nSPS) is 17.7. The first-order chi connectivity index (χ1) is 13.4. The number of rotatable bonds is 4. The molecule has 1 atom stereocenters. The number of nitrogens with zero attached hydrogens (tertiary/aromatic N) is 2. The van der Waals surface area contributed by atoms with Gasteiger partial charge in [0.15, 0.2) is 0 Å². The maximum Gasteiger partial charge on any atom is 0.421 e. The lowest BCUT2D eigenvalue weighted by molar-refractivity contribution is -0.139. The number of hydrogen-bond donors (Lipinski definition) is 1. The van der Waals surface area contributed by atoms with E-state index in [1.807, 2.05) is 0 Å². The summed E-state index contributed by atoms with van der Waals surface area (Å²) < 4.78 is 44.5. The van der Waals surface area contributed by atoms with Crippen LogP contribution < -0.4 is 10.9 Å². The number of ether oxygens (including phenoxy) is 1.